The average molecular weight is 559 g/mol. The Morgan fingerprint density at radius 2 is 1.95 bits per heavy atom. The van der Waals surface area contributed by atoms with Gasteiger partial charge in [0.2, 0.25) is 18.3 Å². The number of benzene rings is 2. The summed E-state index contributed by atoms with van der Waals surface area (Å²) in [5.41, 5.74) is 3.93. The summed E-state index contributed by atoms with van der Waals surface area (Å²) in [5.74, 6) is 0.770. The number of halogens is 1. The van der Waals surface area contributed by atoms with Crippen molar-refractivity contribution < 1.29 is 9.59 Å². The Hall–Kier alpha value is -4.70. The molecule has 2 aromatic heterocycles. The van der Waals surface area contributed by atoms with Crippen LogP contribution in [0.1, 0.15) is 18.1 Å². The molecule has 0 bridgehead atoms. The molecule has 0 aliphatic rings. The minimum absolute atomic E-state index is 0.211. The van der Waals surface area contributed by atoms with Gasteiger partial charge < -0.3 is 20.4 Å². The Kier molecular flexibility index (Phi) is 9.48. The third-order valence-electron chi connectivity index (χ3n) is 6.05. The van der Waals surface area contributed by atoms with Crippen LogP contribution in [0.25, 0.3) is 0 Å². The summed E-state index contributed by atoms with van der Waals surface area (Å²) >= 11 is 6.23. The van der Waals surface area contributed by atoms with E-state index < -0.39 is 0 Å². The molecule has 0 saturated carbocycles. The van der Waals surface area contributed by atoms with Crippen LogP contribution in [0, 0.1) is 0 Å². The monoisotopic (exact) mass is 558 g/mol. The van der Waals surface area contributed by atoms with Crippen LogP contribution in [0.3, 0.4) is 0 Å². The summed E-state index contributed by atoms with van der Waals surface area (Å²) in [6, 6.07) is 17.3. The first-order chi connectivity index (χ1) is 19.4. The Labute approximate surface area is 238 Å². The number of aromatic nitrogens is 4. The van der Waals surface area contributed by atoms with E-state index in [0.717, 1.165) is 23.2 Å². The van der Waals surface area contributed by atoms with Gasteiger partial charge in [-0.05, 0) is 43.2 Å². The third kappa shape index (κ3) is 7.45. The van der Waals surface area contributed by atoms with E-state index in [1.165, 1.54) is 6.08 Å². The second-order valence-corrected chi connectivity index (χ2v) is 9.44. The lowest BCUT2D eigenvalue weighted by atomic mass is 10.1. The van der Waals surface area contributed by atoms with E-state index in [1.807, 2.05) is 66.5 Å². The van der Waals surface area contributed by atoms with Gasteiger partial charge in [-0.25, -0.2) is 4.98 Å². The standard InChI is InChI=1S/C29H31ClN8O2/c1-4-9-26(40)32-23-12-8-13-24(16-23)37(3)28-22(14-15-38(20-39)18-21-10-6-5-7-11-21)17-31-29(34-28)33-25-19-36(2)35-27(25)30/h4-13,16-17,19-20H,14-15,18H2,1-3H3,(H,32,40)(H,31,33,34)/b9-4+. The predicted octanol–water partition coefficient (Wildman–Crippen LogP) is 5.09. The highest BCUT2D eigenvalue weighted by Gasteiger charge is 2.17. The first kappa shape index (κ1) is 28.3. The molecule has 4 aromatic rings. The third-order valence-corrected chi connectivity index (χ3v) is 6.33. The minimum atomic E-state index is -0.211. The van der Waals surface area contributed by atoms with Gasteiger partial charge in [-0.3, -0.25) is 14.3 Å². The van der Waals surface area contributed by atoms with Gasteiger partial charge in [-0.1, -0.05) is 54.1 Å². The molecule has 40 heavy (non-hydrogen) atoms. The van der Waals surface area contributed by atoms with E-state index >= 15 is 0 Å². The van der Waals surface area contributed by atoms with Crippen molar-refractivity contribution in [3.05, 3.63) is 95.4 Å². The van der Waals surface area contributed by atoms with Crippen LogP contribution in [-0.2, 0) is 29.6 Å². The van der Waals surface area contributed by atoms with Crippen LogP contribution in [0.4, 0.5) is 28.8 Å². The van der Waals surface area contributed by atoms with E-state index in [9.17, 15) is 9.59 Å². The molecule has 0 fully saturated rings. The van der Waals surface area contributed by atoms with Crippen molar-refractivity contribution in [2.24, 2.45) is 7.05 Å². The van der Waals surface area contributed by atoms with Crippen molar-refractivity contribution in [1.82, 2.24) is 24.6 Å². The Balaban J connectivity index is 1.62. The predicted molar refractivity (Wildman–Crippen MR) is 158 cm³/mol. The number of rotatable bonds is 12. The molecule has 0 unspecified atom stereocenters. The number of nitrogens with zero attached hydrogens (tertiary/aromatic N) is 6. The number of carbonyl (C=O) groups is 2. The van der Waals surface area contributed by atoms with Crippen molar-refractivity contribution in [1.29, 1.82) is 0 Å². The SMILES string of the molecule is C/C=C/C(=O)Nc1cccc(N(C)c2nc(Nc3cn(C)nc3Cl)ncc2CCN(C=O)Cc2ccccc2)c1. The van der Waals surface area contributed by atoms with Gasteiger partial charge in [-0.2, -0.15) is 10.1 Å². The fourth-order valence-corrected chi connectivity index (χ4v) is 4.31. The molecule has 0 saturated heterocycles. The number of carbonyl (C=O) groups excluding carboxylic acids is 2. The van der Waals surface area contributed by atoms with Crippen LogP contribution in [-0.4, -0.2) is 50.6 Å². The Morgan fingerprint density at radius 1 is 1.15 bits per heavy atom. The summed E-state index contributed by atoms with van der Waals surface area (Å²) in [7, 11) is 3.66. The summed E-state index contributed by atoms with van der Waals surface area (Å²) < 4.78 is 1.60. The zero-order valence-corrected chi connectivity index (χ0v) is 23.3. The molecule has 2 N–H and O–H groups in total. The number of anilines is 5. The van der Waals surface area contributed by atoms with Gasteiger partial charge in [0.1, 0.15) is 5.82 Å². The van der Waals surface area contributed by atoms with Crippen LogP contribution >= 0.6 is 11.6 Å². The highest BCUT2D eigenvalue weighted by atomic mass is 35.5. The first-order valence-electron chi connectivity index (χ1n) is 12.7. The number of aryl methyl sites for hydroxylation is 1. The van der Waals surface area contributed by atoms with Crippen molar-refractivity contribution in [2.45, 2.75) is 19.9 Å². The quantitative estimate of drug-likeness (QED) is 0.184. The summed E-state index contributed by atoms with van der Waals surface area (Å²) in [5, 5.41) is 10.4. The zero-order chi connectivity index (χ0) is 28.5. The second kappa shape index (κ2) is 13.4. The molecule has 4 rings (SSSR count). The van der Waals surface area contributed by atoms with E-state index in [1.54, 1.807) is 42.0 Å². The maximum Gasteiger partial charge on any atom is 0.248 e. The topological polar surface area (TPSA) is 108 Å². The molecule has 206 valence electrons. The van der Waals surface area contributed by atoms with E-state index in [-0.39, 0.29) is 5.91 Å². The molecule has 2 heterocycles. The fourth-order valence-electron chi connectivity index (χ4n) is 4.09. The van der Waals surface area contributed by atoms with Crippen molar-refractivity contribution in [3.8, 4) is 0 Å². The van der Waals surface area contributed by atoms with Crippen molar-refractivity contribution >= 4 is 52.7 Å². The van der Waals surface area contributed by atoms with Crippen molar-refractivity contribution in [2.75, 3.05) is 29.1 Å². The Morgan fingerprint density at radius 3 is 2.65 bits per heavy atom. The molecule has 11 heteroatoms. The molecule has 2 amide bonds. The zero-order valence-electron chi connectivity index (χ0n) is 22.6. The van der Waals surface area contributed by atoms with Gasteiger partial charge in [-0.15, -0.1) is 0 Å². The van der Waals surface area contributed by atoms with Gasteiger partial charge in [0.05, 0.1) is 5.69 Å². The minimum Gasteiger partial charge on any atom is -0.341 e. The lowest BCUT2D eigenvalue weighted by Gasteiger charge is -2.24. The summed E-state index contributed by atoms with van der Waals surface area (Å²) in [4.78, 5) is 36.9. The number of hydrogen-bond donors (Lipinski definition) is 2. The van der Waals surface area contributed by atoms with Gasteiger partial charge in [0.15, 0.2) is 5.15 Å². The normalized spacial score (nSPS) is 10.9. The molecule has 0 aliphatic heterocycles. The smallest absolute Gasteiger partial charge is 0.248 e. The molecule has 10 nitrogen and oxygen atoms in total. The molecule has 0 atom stereocenters. The highest BCUT2D eigenvalue weighted by Crippen LogP contribution is 2.30. The van der Waals surface area contributed by atoms with E-state index in [2.05, 4.69) is 20.7 Å². The number of amides is 2. The van der Waals surface area contributed by atoms with Crippen molar-refractivity contribution in [3.63, 3.8) is 0 Å². The maximum atomic E-state index is 12.1. The largest absolute Gasteiger partial charge is 0.341 e. The molecule has 2 aromatic carbocycles. The number of hydrogen-bond acceptors (Lipinski definition) is 7. The molecule has 0 spiro atoms. The lowest BCUT2D eigenvalue weighted by molar-refractivity contribution is -0.118. The van der Waals surface area contributed by atoms with Crippen LogP contribution in [0.15, 0.2) is 79.1 Å². The van der Waals surface area contributed by atoms with Crippen LogP contribution in [0.2, 0.25) is 5.15 Å². The summed E-state index contributed by atoms with van der Waals surface area (Å²) in [6.07, 6.45) is 8.02. The number of nitrogens with one attached hydrogen (secondary N) is 2. The number of allylic oxidation sites excluding steroid dienone is 1. The van der Waals surface area contributed by atoms with Crippen LogP contribution in [0.5, 0.6) is 0 Å². The van der Waals surface area contributed by atoms with E-state index in [0.29, 0.717) is 47.8 Å². The lowest BCUT2D eigenvalue weighted by Crippen LogP contribution is -2.25. The van der Waals surface area contributed by atoms with Crippen LogP contribution < -0.4 is 15.5 Å². The molecular formula is C29H31ClN8O2. The van der Waals surface area contributed by atoms with E-state index in [4.69, 9.17) is 16.6 Å². The average Bonchev–Trinajstić information content (AvgIpc) is 3.27. The fraction of sp³-hybridized carbons (Fsp3) is 0.207. The van der Waals surface area contributed by atoms with Gasteiger partial charge in [0, 0.05) is 56.5 Å². The molecular weight excluding hydrogens is 528 g/mol. The summed E-state index contributed by atoms with van der Waals surface area (Å²) in [6.45, 7) is 2.77. The Bertz CT molecular complexity index is 1490. The second-order valence-electron chi connectivity index (χ2n) is 9.08. The van der Waals surface area contributed by atoms with Gasteiger partial charge >= 0.3 is 0 Å². The molecule has 0 radical (unpaired) electrons. The van der Waals surface area contributed by atoms with Gasteiger partial charge in [0.25, 0.3) is 0 Å². The highest BCUT2D eigenvalue weighted by molar-refractivity contribution is 6.32. The first-order valence-corrected chi connectivity index (χ1v) is 13.1. The maximum absolute atomic E-state index is 12.1. The molecule has 0 aliphatic carbocycles.